The van der Waals surface area contributed by atoms with Gasteiger partial charge in [-0.2, -0.15) is 5.26 Å². The van der Waals surface area contributed by atoms with E-state index in [1.807, 2.05) is 40.9 Å². The Labute approximate surface area is 251 Å². The zero-order valence-electron chi connectivity index (χ0n) is 23.2. The number of nitriles is 1. The summed E-state index contributed by atoms with van der Waals surface area (Å²) in [6.45, 7) is 9.51. The van der Waals surface area contributed by atoms with Crippen LogP contribution in [0.2, 0.25) is 0 Å². The van der Waals surface area contributed by atoms with Crippen LogP contribution in [0.3, 0.4) is 0 Å². The van der Waals surface area contributed by atoms with Crippen LogP contribution in [0.25, 0.3) is 10.9 Å². The lowest BCUT2D eigenvalue weighted by Gasteiger charge is -2.52. The highest BCUT2D eigenvalue weighted by molar-refractivity contribution is 14.1. The Balaban J connectivity index is 1.68. The predicted molar refractivity (Wildman–Crippen MR) is 164 cm³/mol. The van der Waals surface area contributed by atoms with Crippen LogP contribution in [0.1, 0.15) is 47.0 Å². The van der Waals surface area contributed by atoms with E-state index in [-0.39, 0.29) is 29.6 Å². The predicted octanol–water partition coefficient (Wildman–Crippen LogP) is 5.56. The largest absolute Gasteiger partial charge is 0.444 e. The van der Waals surface area contributed by atoms with Gasteiger partial charge in [0.25, 0.3) is 0 Å². The first kappa shape index (κ1) is 29.9. The second kappa shape index (κ2) is 11.0. The Kier molecular flexibility index (Phi) is 8.46. The molecule has 2 aromatic rings. The second-order valence-corrected chi connectivity index (χ2v) is 13.9. The van der Waals surface area contributed by atoms with Gasteiger partial charge in [-0.05, 0) is 99.2 Å². The van der Waals surface area contributed by atoms with E-state index in [9.17, 15) is 10.1 Å². The molecule has 9 nitrogen and oxygen atoms in total. The maximum absolute atomic E-state index is 15.5. The maximum atomic E-state index is 15.5. The van der Waals surface area contributed by atoms with Gasteiger partial charge >= 0.3 is 6.09 Å². The smallest absolute Gasteiger partial charge is 0.410 e. The number of anilines is 3. The quantitative estimate of drug-likeness (QED) is 0.306. The summed E-state index contributed by atoms with van der Waals surface area (Å²) < 4.78 is 22.2. The van der Waals surface area contributed by atoms with Gasteiger partial charge in [-0.25, -0.2) is 14.2 Å². The summed E-state index contributed by atoms with van der Waals surface area (Å²) in [6.07, 6.45) is 0.925. The number of fused-ring (bicyclic) bond motifs is 1. The molecule has 1 aromatic heterocycles. The second-order valence-electron chi connectivity index (χ2n) is 11.9. The average molecular weight is 716 g/mol. The minimum atomic E-state index is -0.626. The number of likely N-dealkylation sites (tertiary alicyclic amines) is 1. The van der Waals surface area contributed by atoms with Crippen molar-refractivity contribution in [1.82, 2.24) is 14.8 Å². The molecule has 3 N–H and O–H groups in total. The Morgan fingerprint density at radius 1 is 1.44 bits per heavy atom. The molecule has 12 heteroatoms. The molecule has 4 rings (SSSR count). The number of hydrogen-bond acceptors (Lipinski definition) is 8. The van der Waals surface area contributed by atoms with E-state index in [0.717, 1.165) is 0 Å². The van der Waals surface area contributed by atoms with Gasteiger partial charge in [-0.1, -0.05) is 0 Å². The Morgan fingerprint density at radius 3 is 2.69 bits per heavy atom. The minimum absolute atomic E-state index is 0.0269. The van der Waals surface area contributed by atoms with Gasteiger partial charge in [0.2, 0.25) is 0 Å². The standard InChI is InChI=1S/C27H36BrFIN7O2/c1-26(2,3)39-25(38)37-10-8-15(11-16(37)7-9-31)33-23-17-12-18(30)19(28)20(29)22(17)34-24(21(23)32)36-13-27(4,14-36)35(5)6/h12,15-16H,7-8,10-11,13-14,32H2,1-6H3,(H,33,34)/t15-,16+/m0/s1. The van der Waals surface area contributed by atoms with Crippen LogP contribution in [-0.4, -0.2) is 77.8 Å². The van der Waals surface area contributed by atoms with E-state index in [0.29, 0.717) is 63.1 Å². The van der Waals surface area contributed by atoms with Crippen molar-refractivity contribution in [3.8, 4) is 6.07 Å². The van der Waals surface area contributed by atoms with Crippen molar-refractivity contribution >= 4 is 72.7 Å². The van der Waals surface area contributed by atoms with Crippen LogP contribution in [-0.2, 0) is 4.74 Å². The van der Waals surface area contributed by atoms with E-state index in [1.165, 1.54) is 0 Å². The van der Waals surface area contributed by atoms with Crippen LogP contribution in [0.5, 0.6) is 0 Å². The molecule has 2 saturated heterocycles. The van der Waals surface area contributed by atoms with Crippen LogP contribution >= 0.6 is 38.5 Å². The van der Waals surface area contributed by atoms with Crippen molar-refractivity contribution < 1.29 is 13.9 Å². The molecule has 0 unspecified atom stereocenters. The van der Waals surface area contributed by atoms with E-state index in [2.05, 4.69) is 66.6 Å². The molecule has 1 aromatic carbocycles. The first-order valence-electron chi connectivity index (χ1n) is 13.0. The molecule has 0 radical (unpaired) electrons. The van der Waals surface area contributed by atoms with Crippen molar-refractivity contribution in [3.05, 3.63) is 19.9 Å². The zero-order chi connectivity index (χ0) is 28.9. The number of aromatic nitrogens is 1. The molecule has 2 atom stereocenters. The molecule has 2 fully saturated rings. The summed E-state index contributed by atoms with van der Waals surface area (Å²) in [5.74, 6) is 0.121. The highest BCUT2D eigenvalue weighted by Gasteiger charge is 2.43. The third kappa shape index (κ3) is 6.00. The number of nitrogens with two attached hydrogens (primary N) is 1. The number of likely N-dealkylation sites (N-methyl/N-ethyl adjacent to an activating group) is 1. The molecule has 1 amide bonds. The number of carbonyl (C=O) groups excluding carboxylic acids is 1. The lowest BCUT2D eigenvalue weighted by atomic mass is 9.90. The number of piperidine rings is 1. The van der Waals surface area contributed by atoms with E-state index in [4.69, 9.17) is 15.5 Å². The third-order valence-electron chi connectivity index (χ3n) is 7.60. The van der Waals surface area contributed by atoms with Crippen molar-refractivity contribution in [2.45, 2.75) is 70.2 Å². The molecule has 0 aliphatic carbocycles. The van der Waals surface area contributed by atoms with Crippen molar-refractivity contribution in [1.29, 1.82) is 5.26 Å². The number of nitrogen functional groups attached to an aromatic ring is 1. The van der Waals surface area contributed by atoms with Gasteiger partial charge in [0.1, 0.15) is 11.1 Å². The van der Waals surface area contributed by atoms with Gasteiger partial charge in [0.15, 0.2) is 11.6 Å². The number of benzene rings is 1. The average Bonchev–Trinajstić information content (AvgIpc) is 2.82. The number of hydrogen-bond donors (Lipinski definition) is 2. The molecule has 0 spiro atoms. The van der Waals surface area contributed by atoms with Crippen molar-refractivity contribution in [2.24, 2.45) is 0 Å². The number of rotatable bonds is 5. The molecule has 0 saturated carbocycles. The van der Waals surface area contributed by atoms with Crippen molar-refractivity contribution in [2.75, 3.05) is 49.7 Å². The highest BCUT2D eigenvalue weighted by atomic mass is 127. The summed E-state index contributed by atoms with van der Waals surface area (Å²) >= 11 is 5.45. The van der Waals surface area contributed by atoms with Gasteiger partial charge in [0, 0.05) is 40.7 Å². The van der Waals surface area contributed by atoms with E-state index in [1.54, 1.807) is 4.90 Å². The summed E-state index contributed by atoms with van der Waals surface area (Å²) in [5.41, 5.74) is 7.45. The number of nitrogens with one attached hydrogen (secondary N) is 1. The lowest BCUT2D eigenvalue weighted by molar-refractivity contribution is 0.00953. The number of ether oxygens (including phenoxy) is 1. The van der Waals surface area contributed by atoms with E-state index >= 15 is 4.39 Å². The summed E-state index contributed by atoms with van der Waals surface area (Å²) in [4.78, 5) is 23.5. The molecule has 212 valence electrons. The Bertz CT molecular complexity index is 1320. The van der Waals surface area contributed by atoms with Gasteiger partial charge in [-0.15, -0.1) is 0 Å². The van der Waals surface area contributed by atoms with Gasteiger partial charge < -0.3 is 30.5 Å². The first-order chi connectivity index (χ1) is 18.1. The number of carbonyl (C=O) groups is 1. The van der Waals surface area contributed by atoms with Crippen LogP contribution in [0.15, 0.2) is 10.5 Å². The number of pyridine rings is 1. The maximum Gasteiger partial charge on any atom is 0.410 e. The molecular formula is C27H36BrFIN7O2. The monoisotopic (exact) mass is 715 g/mol. The van der Waals surface area contributed by atoms with Crippen LogP contribution in [0, 0.1) is 20.7 Å². The molecule has 2 aliphatic rings. The first-order valence-corrected chi connectivity index (χ1v) is 14.8. The fourth-order valence-corrected chi connectivity index (χ4v) is 6.01. The fourth-order valence-electron chi connectivity index (χ4n) is 5.16. The van der Waals surface area contributed by atoms with E-state index < -0.39 is 17.5 Å². The molecule has 3 heterocycles. The number of amides is 1. The molecular weight excluding hydrogens is 680 g/mol. The molecule has 39 heavy (non-hydrogen) atoms. The van der Waals surface area contributed by atoms with Crippen molar-refractivity contribution in [3.63, 3.8) is 0 Å². The summed E-state index contributed by atoms with van der Waals surface area (Å²) in [6, 6.07) is 3.69. The van der Waals surface area contributed by atoms with Crippen LogP contribution in [0.4, 0.5) is 26.4 Å². The Hall–Kier alpha value is -2.11. The Morgan fingerprint density at radius 2 is 2.10 bits per heavy atom. The summed E-state index contributed by atoms with van der Waals surface area (Å²) in [5, 5.41) is 13.7. The zero-order valence-corrected chi connectivity index (χ0v) is 27.0. The highest BCUT2D eigenvalue weighted by Crippen LogP contribution is 2.43. The molecule has 2 aliphatic heterocycles. The normalized spacial score (nSPS) is 21.1. The fraction of sp³-hybridized carbons (Fsp3) is 0.593. The lowest BCUT2D eigenvalue weighted by Crippen LogP contribution is -2.67. The van der Waals surface area contributed by atoms with Gasteiger partial charge in [0.05, 0.1) is 33.9 Å². The number of halogens is 3. The third-order valence-corrected chi connectivity index (χ3v) is 9.96. The number of nitrogens with zero attached hydrogens (tertiary/aromatic N) is 5. The van der Waals surface area contributed by atoms with Crippen LogP contribution < -0.4 is 16.0 Å². The minimum Gasteiger partial charge on any atom is -0.444 e. The topological polar surface area (TPSA) is 111 Å². The SMILES string of the molecule is CN(C)C1(C)CN(c2nc3c(F)c(Br)c(I)cc3c(N[C@H]3CCN(C(=O)OC(C)(C)C)[C@H](CC#N)C3)c2N)C1. The van der Waals surface area contributed by atoms with Gasteiger partial charge in [-0.3, -0.25) is 0 Å². The summed E-state index contributed by atoms with van der Waals surface area (Å²) in [7, 11) is 4.09. The molecule has 0 bridgehead atoms.